The highest BCUT2D eigenvalue weighted by molar-refractivity contribution is 5.97. The van der Waals surface area contributed by atoms with Crippen molar-refractivity contribution in [2.75, 3.05) is 11.9 Å². The van der Waals surface area contributed by atoms with E-state index in [2.05, 4.69) is 25.6 Å². The molecule has 7 N–H and O–H groups in total. The number of carbonyl (C=O) groups excluding carboxylic acids is 1. The van der Waals surface area contributed by atoms with Gasteiger partial charge < -0.3 is 35.6 Å². The van der Waals surface area contributed by atoms with Gasteiger partial charge in [-0.2, -0.15) is 0 Å². The Morgan fingerprint density at radius 2 is 2.00 bits per heavy atom. The second kappa shape index (κ2) is 8.85. The third-order valence-electron chi connectivity index (χ3n) is 4.74. The average molecular weight is 426 g/mol. The van der Waals surface area contributed by atoms with E-state index in [0.717, 1.165) is 6.33 Å². The third kappa shape index (κ3) is 4.03. The van der Waals surface area contributed by atoms with Gasteiger partial charge in [-0.1, -0.05) is 6.92 Å². The zero-order valence-corrected chi connectivity index (χ0v) is 15.8. The molecule has 1 fully saturated rings. The van der Waals surface area contributed by atoms with E-state index in [1.165, 1.54) is 10.9 Å². The molecule has 2 aromatic rings. The monoisotopic (exact) mass is 426 g/mol. The van der Waals surface area contributed by atoms with Crippen LogP contribution in [0.3, 0.4) is 0 Å². The summed E-state index contributed by atoms with van der Waals surface area (Å²) in [5.74, 6) is -1.46. The van der Waals surface area contributed by atoms with E-state index in [1.807, 2.05) is 0 Å². The van der Waals surface area contributed by atoms with Crippen molar-refractivity contribution in [2.45, 2.75) is 50.0 Å². The standard InChI is InChI=1S/C16H22N6O8/c1-2-6(24)8(15(27)28)20-16(29)21-12-9-13(18-4-17-12)22(5-19-9)14-11(26)10(25)7(3-23)30-14/h4-8,10-11,14,23-26H,2-3H2,1H3,(H,27,28)(H2,17,18,20,21,29)/t6?,7-,8?,10?,11+,14-/m1/s1. The van der Waals surface area contributed by atoms with Crippen molar-refractivity contribution < 1.29 is 39.9 Å². The first-order chi connectivity index (χ1) is 14.3. The molecular weight excluding hydrogens is 404 g/mol. The molecule has 0 saturated carbocycles. The molecule has 1 saturated heterocycles. The van der Waals surface area contributed by atoms with Crippen LogP contribution in [0.1, 0.15) is 19.6 Å². The van der Waals surface area contributed by atoms with Crippen LogP contribution >= 0.6 is 0 Å². The highest BCUT2D eigenvalue weighted by Crippen LogP contribution is 2.32. The number of urea groups is 1. The minimum absolute atomic E-state index is 0.0573. The normalized spacial score (nSPS) is 25.8. The molecule has 0 bridgehead atoms. The third-order valence-corrected chi connectivity index (χ3v) is 4.74. The number of anilines is 1. The zero-order chi connectivity index (χ0) is 22.0. The summed E-state index contributed by atoms with van der Waals surface area (Å²) < 4.78 is 6.76. The summed E-state index contributed by atoms with van der Waals surface area (Å²) in [5, 5.41) is 52.8. The molecule has 14 heteroatoms. The van der Waals surface area contributed by atoms with Gasteiger partial charge in [0.25, 0.3) is 0 Å². The van der Waals surface area contributed by atoms with Crippen molar-refractivity contribution in [1.82, 2.24) is 24.8 Å². The number of nitrogens with one attached hydrogen (secondary N) is 2. The van der Waals surface area contributed by atoms with Crippen molar-refractivity contribution in [3.63, 3.8) is 0 Å². The lowest BCUT2D eigenvalue weighted by molar-refractivity contribution is -0.142. The Bertz CT molecular complexity index is 922. The summed E-state index contributed by atoms with van der Waals surface area (Å²) in [5.41, 5.74) is 0.256. The van der Waals surface area contributed by atoms with Gasteiger partial charge in [-0.05, 0) is 6.42 Å². The van der Waals surface area contributed by atoms with Crippen molar-refractivity contribution in [3.8, 4) is 0 Å². The van der Waals surface area contributed by atoms with Gasteiger partial charge in [0.2, 0.25) is 0 Å². The fourth-order valence-electron chi connectivity index (χ4n) is 3.08. The fraction of sp³-hybridized carbons (Fsp3) is 0.562. The maximum Gasteiger partial charge on any atom is 0.328 e. The number of hydrogen-bond donors (Lipinski definition) is 7. The average Bonchev–Trinajstić information content (AvgIpc) is 3.27. The lowest BCUT2D eigenvalue weighted by Gasteiger charge is -2.19. The van der Waals surface area contributed by atoms with Crippen molar-refractivity contribution >= 4 is 29.0 Å². The van der Waals surface area contributed by atoms with E-state index in [9.17, 15) is 30.0 Å². The predicted molar refractivity (Wildman–Crippen MR) is 98.2 cm³/mol. The number of carboxylic acids is 1. The van der Waals surface area contributed by atoms with E-state index in [4.69, 9.17) is 9.84 Å². The second-order valence-corrected chi connectivity index (χ2v) is 6.67. The van der Waals surface area contributed by atoms with Crippen LogP contribution in [0.5, 0.6) is 0 Å². The van der Waals surface area contributed by atoms with E-state index >= 15 is 0 Å². The Balaban J connectivity index is 1.82. The van der Waals surface area contributed by atoms with Gasteiger partial charge in [-0.3, -0.25) is 9.88 Å². The summed E-state index contributed by atoms with van der Waals surface area (Å²) in [6.07, 6.45) is -3.58. The SMILES string of the molecule is CCC(O)C(NC(=O)Nc1ncnc2c1ncn2[C@@H]1O[C@H](CO)C(O)[C@@H]1O)C(=O)O. The quantitative estimate of drug-likeness (QED) is 0.252. The first kappa shape index (κ1) is 21.8. The van der Waals surface area contributed by atoms with Crippen LogP contribution in [-0.4, -0.2) is 94.1 Å². The molecule has 1 aliphatic heterocycles. The number of aromatic nitrogens is 4. The topological polar surface area (TPSA) is 212 Å². The maximum atomic E-state index is 12.2. The fourth-order valence-corrected chi connectivity index (χ4v) is 3.08. The maximum absolute atomic E-state index is 12.2. The molecule has 14 nitrogen and oxygen atoms in total. The molecule has 0 aliphatic carbocycles. The van der Waals surface area contributed by atoms with Crippen LogP contribution in [0.15, 0.2) is 12.7 Å². The van der Waals surface area contributed by atoms with Crippen LogP contribution < -0.4 is 10.6 Å². The number of carboxylic acid groups (broad SMARTS) is 1. The van der Waals surface area contributed by atoms with Crippen molar-refractivity contribution in [3.05, 3.63) is 12.7 Å². The number of aliphatic carboxylic acids is 1. The van der Waals surface area contributed by atoms with E-state index in [0.29, 0.717) is 0 Å². The molecule has 3 rings (SSSR count). The Kier molecular flexibility index (Phi) is 6.42. The van der Waals surface area contributed by atoms with Crippen LogP contribution in [0, 0.1) is 0 Å². The van der Waals surface area contributed by atoms with Crippen LogP contribution in [0.4, 0.5) is 10.6 Å². The van der Waals surface area contributed by atoms with Crippen molar-refractivity contribution in [2.24, 2.45) is 0 Å². The van der Waals surface area contributed by atoms with Gasteiger partial charge in [0.1, 0.15) is 24.6 Å². The number of carbonyl (C=O) groups is 2. The van der Waals surface area contributed by atoms with E-state index in [1.54, 1.807) is 6.92 Å². The number of aliphatic hydroxyl groups excluding tert-OH is 4. The molecule has 0 aromatic carbocycles. The molecule has 0 radical (unpaired) electrons. The number of ether oxygens (including phenoxy) is 1. The van der Waals surface area contributed by atoms with Gasteiger partial charge in [-0.15, -0.1) is 0 Å². The van der Waals surface area contributed by atoms with Gasteiger partial charge >= 0.3 is 12.0 Å². The van der Waals surface area contributed by atoms with E-state index in [-0.39, 0.29) is 23.4 Å². The molecule has 2 aromatic heterocycles. The van der Waals surface area contributed by atoms with E-state index < -0.39 is 55.3 Å². The summed E-state index contributed by atoms with van der Waals surface area (Å²) in [7, 11) is 0. The molecule has 6 atom stereocenters. The lowest BCUT2D eigenvalue weighted by Crippen LogP contribution is -2.50. The Morgan fingerprint density at radius 1 is 1.27 bits per heavy atom. The van der Waals surface area contributed by atoms with Crippen molar-refractivity contribution in [1.29, 1.82) is 0 Å². The second-order valence-electron chi connectivity index (χ2n) is 6.67. The smallest absolute Gasteiger partial charge is 0.328 e. The molecule has 30 heavy (non-hydrogen) atoms. The number of hydrogen-bond acceptors (Lipinski definition) is 10. The minimum atomic E-state index is -1.52. The molecule has 0 spiro atoms. The molecule has 164 valence electrons. The summed E-state index contributed by atoms with van der Waals surface area (Å²) in [6.45, 7) is 1.07. The number of imidazole rings is 1. The number of amides is 2. The number of aliphatic hydroxyl groups is 4. The highest BCUT2D eigenvalue weighted by Gasteiger charge is 2.44. The van der Waals surface area contributed by atoms with Gasteiger partial charge in [0, 0.05) is 0 Å². The summed E-state index contributed by atoms with van der Waals surface area (Å²) in [4.78, 5) is 35.5. The van der Waals surface area contributed by atoms with Crippen LogP contribution in [0.2, 0.25) is 0 Å². The number of rotatable bonds is 7. The summed E-state index contributed by atoms with van der Waals surface area (Å²) in [6, 6.07) is -2.46. The molecule has 1 aliphatic rings. The summed E-state index contributed by atoms with van der Waals surface area (Å²) >= 11 is 0. The van der Waals surface area contributed by atoms with Gasteiger partial charge in [-0.25, -0.2) is 24.5 Å². The highest BCUT2D eigenvalue weighted by atomic mass is 16.6. The molecule has 2 amide bonds. The van der Waals surface area contributed by atoms with Gasteiger partial charge in [0.15, 0.2) is 29.3 Å². The van der Waals surface area contributed by atoms with Crippen LogP contribution in [-0.2, 0) is 9.53 Å². The largest absolute Gasteiger partial charge is 0.480 e. The predicted octanol–water partition coefficient (Wildman–Crippen LogP) is -2.22. The molecule has 3 unspecified atom stereocenters. The Hall–Kier alpha value is -2.91. The Morgan fingerprint density at radius 3 is 2.60 bits per heavy atom. The number of fused-ring (bicyclic) bond motifs is 1. The first-order valence-electron chi connectivity index (χ1n) is 9.06. The number of nitrogens with zero attached hydrogens (tertiary/aromatic N) is 4. The lowest BCUT2D eigenvalue weighted by atomic mass is 10.1. The first-order valence-corrected chi connectivity index (χ1v) is 9.06. The minimum Gasteiger partial charge on any atom is -0.480 e. The Labute approximate surface area is 169 Å². The van der Waals surface area contributed by atoms with Crippen LogP contribution in [0.25, 0.3) is 11.2 Å². The molecule has 3 heterocycles. The zero-order valence-electron chi connectivity index (χ0n) is 15.8. The van der Waals surface area contributed by atoms with Gasteiger partial charge in [0.05, 0.1) is 19.0 Å². The molecular formula is C16H22N6O8.